The van der Waals surface area contributed by atoms with Crippen molar-refractivity contribution in [2.75, 3.05) is 0 Å². The lowest BCUT2D eigenvalue weighted by atomic mass is 9.82. The van der Waals surface area contributed by atoms with Crippen LogP contribution in [0.1, 0.15) is 52.1 Å². The molecule has 0 saturated heterocycles. The van der Waals surface area contributed by atoms with Crippen molar-refractivity contribution >= 4 is 25.0 Å². The van der Waals surface area contributed by atoms with Gasteiger partial charge in [0.25, 0.3) is 0 Å². The Kier molecular flexibility index (Phi) is 8.84. The van der Waals surface area contributed by atoms with Gasteiger partial charge in [-0.25, -0.2) is 0 Å². The van der Waals surface area contributed by atoms with Crippen molar-refractivity contribution < 1.29 is 17.6 Å². The maximum absolute atomic E-state index is 13.8. The van der Waals surface area contributed by atoms with Crippen molar-refractivity contribution in [2.45, 2.75) is 78.0 Å². The van der Waals surface area contributed by atoms with Crippen molar-refractivity contribution in [1.82, 2.24) is 5.32 Å². The summed E-state index contributed by atoms with van der Waals surface area (Å²) in [6.45, 7) is 12.1. The molecule has 1 aromatic rings. The third-order valence-corrected chi connectivity index (χ3v) is 5.35. The summed E-state index contributed by atoms with van der Waals surface area (Å²) in [5.41, 5.74) is -0.0436. The highest BCUT2D eigenvalue weighted by atomic mass is 79.9. The molecule has 0 aromatic heterocycles. The van der Waals surface area contributed by atoms with Gasteiger partial charge in [-0.1, -0.05) is 62.2 Å². The van der Waals surface area contributed by atoms with Gasteiger partial charge in [0.05, 0.1) is 6.10 Å². The molecule has 0 aliphatic carbocycles. The largest absolute Gasteiger partial charge is 0.412 e. The minimum absolute atomic E-state index is 0.216. The molecule has 0 aliphatic heterocycles. The predicted molar refractivity (Wildman–Crippen MR) is 107 cm³/mol. The fourth-order valence-corrected chi connectivity index (χ4v) is 4.29. The number of benzene rings is 1. The first-order chi connectivity index (χ1) is 11.9. The maximum atomic E-state index is 13.8. The Hall–Kier alpha value is -0.373. The van der Waals surface area contributed by atoms with Crippen LogP contribution in [-0.2, 0) is 4.43 Å². The summed E-state index contributed by atoms with van der Waals surface area (Å²) in [5.74, 6) is 0. The van der Waals surface area contributed by atoms with Crippen molar-refractivity contribution in [1.29, 1.82) is 0 Å². The summed E-state index contributed by atoms with van der Waals surface area (Å²) < 4.78 is 48.4. The average Bonchev–Trinajstić information content (AvgIpc) is 2.48. The van der Waals surface area contributed by atoms with E-state index >= 15 is 0 Å². The summed E-state index contributed by atoms with van der Waals surface area (Å²) in [4.78, 5) is 0. The topological polar surface area (TPSA) is 21.3 Å². The number of hydrogen-bond donors (Lipinski definition) is 1. The fraction of sp³-hybridized carbons (Fsp3) is 0.684. The Labute approximate surface area is 165 Å². The summed E-state index contributed by atoms with van der Waals surface area (Å²) in [6.07, 6.45) is -3.26. The van der Waals surface area contributed by atoms with Crippen LogP contribution in [0, 0.1) is 5.41 Å². The van der Waals surface area contributed by atoms with Gasteiger partial charge in [-0.3, -0.25) is 5.32 Å². The Morgan fingerprint density at radius 3 is 2.04 bits per heavy atom. The molecule has 0 saturated carbocycles. The molecule has 26 heavy (non-hydrogen) atoms. The van der Waals surface area contributed by atoms with Crippen LogP contribution in [0.15, 0.2) is 28.7 Å². The minimum atomic E-state index is -4.38. The lowest BCUT2D eigenvalue weighted by Crippen LogP contribution is -2.52. The van der Waals surface area contributed by atoms with Gasteiger partial charge < -0.3 is 4.43 Å². The van der Waals surface area contributed by atoms with E-state index in [1.54, 1.807) is 12.1 Å². The van der Waals surface area contributed by atoms with Crippen molar-refractivity contribution in [3.05, 3.63) is 34.3 Å². The van der Waals surface area contributed by atoms with E-state index in [0.717, 1.165) is 10.9 Å². The number of rotatable bonds is 8. The molecule has 1 N–H and O–H groups in total. The van der Waals surface area contributed by atoms with Crippen LogP contribution >= 0.6 is 15.9 Å². The van der Waals surface area contributed by atoms with Gasteiger partial charge in [-0.2, -0.15) is 13.2 Å². The van der Waals surface area contributed by atoms with Crippen LogP contribution in [0.25, 0.3) is 0 Å². The second-order valence-corrected chi connectivity index (χ2v) is 10.9. The number of alkyl halides is 3. The SMILES string of the molecule is CCC[C@H](NC(c1ccc(Br)cc1)C(F)(F)F)C(O[Si](C)C)C(C)(C)C. The van der Waals surface area contributed by atoms with E-state index in [4.69, 9.17) is 4.43 Å². The van der Waals surface area contributed by atoms with Crippen LogP contribution in [0.3, 0.4) is 0 Å². The Bertz CT molecular complexity index is 543. The van der Waals surface area contributed by atoms with E-state index in [9.17, 15) is 13.2 Å². The smallest absolute Gasteiger partial charge is 0.407 e. The molecule has 0 spiro atoms. The Morgan fingerprint density at radius 2 is 1.65 bits per heavy atom. The molecule has 0 aliphatic rings. The first-order valence-electron chi connectivity index (χ1n) is 8.91. The Balaban J connectivity index is 3.21. The monoisotopic (exact) mass is 452 g/mol. The predicted octanol–water partition coefficient (Wildman–Crippen LogP) is 6.49. The van der Waals surface area contributed by atoms with Gasteiger partial charge in [0.2, 0.25) is 9.04 Å². The van der Waals surface area contributed by atoms with Gasteiger partial charge in [-0.05, 0) is 42.6 Å². The lowest BCUT2D eigenvalue weighted by Gasteiger charge is -2.40. The second-order valence-electron chi connectivity index (χ2n) is 7.90. The molecule has 7 heteroatoms. The summed E-state index contributed by atoms with van der Waals surface area (Å²) in [6, 6.07) is 4.21. The van der Waals surface area contributed by atoms with E-state index in [0.29, 0.717) is 6.42 Å². The molecule has 0 fully saturated rings. The molecule has 1 aromatic carbocycles. The van der Waals surface area contributed by atoms with Crippen LogP contribution < -0.4 is 5.32 Å². The molecule has 2 unspecified atom stereocenters. The van der Waals surface area contributed by atoms with Crippen molar-refractivity contribution in [2.24, 2.45) is 5.41 Å². The highest BCUT2D eigenvalue weighted by Gasteiger charge is 2.44. The molecule has 0 heterocycles. The standard InChI is InChI=1S/C19H30BrF3NOSi/c1-7-8-15(17(18(2,3)4)25-26(5)6)24-16(19(21,22)23)13-9-11-14(20)12-10-13/h9-12,15-17,24H,7-8H2,1-6H3/t15-,16?,17?/m0/s1. The zero-order valence-corrected chi connectivity index (χ0v) is 19.0. The van der Waals surface area contributed by atoms with Gasteiger partial charge >= 0.3 is 6.18 Å². The first kappa shape index (κ1) is 23.7. The fourth-order valence-electron chi connectivity index (χ4n) is 3.00. The third kappa shape index (κ3) is 7.33. The molecule has 0 amide bonds. The Morgan fingerprint density at radius 1 is 1.12 bits per heavy atom. The second kappa shape index (κ2) is 9.71. The quantitative estimate of drug-likeness (QED) is 0.454. The molecule has 1 rings (SSSR count). The van der Waals surface area contributed by atoms with E-state index in [1.807, 2.05) is 40.8 Å². The molecular formula is C19H30BrF3NOSi. The zero-order chi connectivity index (χ0) is 20.1. The van der Waals surface area contributed by atoms with Gasteiger partial charge in [0.1, 0.15) is 6.04 Å². The van der Waals surface area contributed by atoms with E-state index < -0.39 is 21.3 Å². The van der Waals surface area contributed by atoms with Gasteiger partial charge in [0, 0.05) is 10.5 Å². The molecule has 149 valence electrons. The lowest BCUT2D eigenvalue weighted by molar-refractivity contribution is -0.162. The van der Waals surface area contributed by atoms with Crippen molar-refractivity contribution in [3.8, 4) is 0 Å². The minimum Gasteiger partial charge on any atom is -0.412 e. The van der Waals surface area contributed by atoms with Crippen molar-refractivity contribution in [3.63, 3.8) is 0 Å². The number of hydrogen-bond acceptors (Lipinski definition) is 2. The maximum Gasteiger partial charge on any atom is 0.407 e. The van der Waals surface area contributed by atoms with Crippen LogP contribution in [0.2, 0.25) is 13.1 Å². The van der Waals surface area contributed by atoms with Gasteiger partial charge in [0.15, 0.2) is 0 Å². The molecule has 1 radical (unpaired) electrons. The van der Waals surface area contributed by atoms with Crippen LogP contribution in [0.4, 0.5) is 13.2 Å². The number of nitrogens with one attached hydrogen (secondary N) is 1. The van der Waals surface area contributed by atoms with E-state index in [2.05, 4.69) is 21.2 Å². The summed E-state index contributed by atoms with van der Waals surface area (Å²) >= 11 is 3.28. The van der Waals surface area contributed by atoms with Crippen LogP contribution in [-0.4, -0.2) is 27.4 Å². The molecular weight excluding hydrogens is 423 g/mol. The summed E-state index contributed by atoms with van der Waals surface area (Å²) in [7, 11) is -1.05. The van der Waals surface area contributed by atoms with Gasteiger partial charge in [-0.15, -0.1) is 0 Å². The molecule has 3 atom stereocenters. The first-order valence-corrected chi connectivity index (χ1v) is 12.1. The zero-order valence-electron chi connectivity index (χ0n) is 16.4. The van der Waals surface area contributed by atoms with E-state index in [1.165, 1.54) is 12.1 Å². The molecule has 2 nitrogen and oxygen atoms in total. The summed E-state index contributed by atoms with van der Waals surface area (Å²) in [5, 5.41) is 2.89. The highest BCUT2D eigenvalue weighted by Crippen LogP contribution is 2.36. The molecule has 0 bridgehead atoms. The average molecular weight is 453 g/mol. The normalized spacial score (nSPS) is 16.6. The van der Waals surface area contributed by atoms with Crippen LogP contribution in [0.5, 0.6) is 0 Å². The highest BCUT2D eigenvalue weighted by molar-refractivity contribution is 9.10. The third-order valence-electron chi connectivity index (χ3n) is 4.09. The number of halogens is 4. The van der Waals surface area contributed by atoms with E-state index in [-0.39, 0.29) is 23.1 Å².